The van der Waals surface area contributed by atoms with Gasteiger partial charge in [0.05, 0.1) is 16.2 Å². The number of halogens is 1. The number of aryl methyl sites for hydroxylation is 1. The van der Waals surface area contributed by atoms with E-state index in [4.69, 9.17) is 16.3 Å². The van der Waals surface area contributed by atoms with Gasteiger partial charge in [-0.05, 0) is 70.4 Å². The summed E-state index contributed by atoms with van der Waals surface area (Å²) in [6.07, 6.45) is 4.27. The molecule has 8 heteroatoms. The van der Waals surface area contributed by atoms with Crippen molar-refractivity contribution in [2.24, 2.45) is 0 Å². The van der Waals surface area contributed by atoms with Gasteiger partial charge in [0.1, 0.15) is 10.5 Å². The van der Waals surface area contributed by atoms with Crippen molar-refractivity contribution in [2.75, 3.05) is 0 Å². The summed E-state index contributed by atoms with van der Waals surface area (Å²) in [6.45, 7) is 7.40. The van der Waals surface area contributed by atoms with Crippen molar-refractivity contribution in [2.45, 2.75) is 76.3 Å². The largest absolute Gasteiger partial charge is 0.443 e. The van der Waals surface area contributed by atoms with Crippen molar-refractivity contribution < 1.29 is 17.9 Å². The quantitative estimate of drug-likeness (QED) is 0.432. The summed E-state index contributed by atoms with van der Waals surface area (Å²) in [5.41, 5.74) is 2.12. The predicted molar refractivity (Wildman–Crippen MR) is 136 cm³/mol. The molecule has 0 bridgehead atoms. The number of sulfonamides is 1. The van der Waals surface area contributed by atoms with E-state index in [2.05, 4.69) is 4.72 Å². The molecule has 6 nitrogen and oxygen atoms in total. The predicted octanol–water partition coefficient (Wildman–Crippen LogP) is 6.66. The van der Waals surface area contributed by atoms with Crippen molar-refractivity contribution >= 4 is 38.6 Å². The lowest BCUT2D eigenvalue weighted by Crippen LogP contribution is -2.36. The van der Waals surface area contributed by atoms with E-state index in [0.717, 1.165) is 43.1 Å². The van der Waals surface area contributed by atoms with Crippen molar-refractivity contribution in [3.05, 3.63) is 53.1 Å². The number of nitrogens with one attached hydrogen (secondary N) is 1. The highest BCUT2D eigenvalue weighted by atomic mass is 35.5. The summed E-state index contributed by atoms with van der Waals surface area (Å²) in [5.74, 6) is 0. The van der Waals surface area contributed by atoms with Crippen molar-refractivity contribution in [1.82, 2.24) is 9.29 Å². The smallest absolute Gasteiger partial charge is 0.419 e. The number of nitrogens with zero attached hydrogens (tertiary/aromatic N) is 1. The number of benzene rings is 2. The van der Waals surface area contributed by atoms with Gasteiger partial charge in [-0.25, -0.2) is 22.5 Å². The summed E-state index contributed by atoms with van der Waals surface area (Å²) in [6, 6.07) is 12.3. The molecule has 2 aromatic carbocycles. The van der Waals surface area contributed by atoms with Gasteiger partial charge in [0.25, 0.3) is 0 Å². The second-order valence-electron chi connectivity index (χ2n) is 9.95. The van der Waals surface area contributed by atoms with Gasteiger partial charge in [-0.15, -0.1) is 0 Å². The van der Waals surface area contributed by atoms with Crippen LogP contribution >= 0.6 is 11.6 Å². The zero-order valence-corrected chi connectivity index (χ0v) is 21.6. The molecule has 1 aliphatic carbocycles. The number of carbonyl (C=O) groups excluding carboxylic acids is 1. The number of fused-ring (bicyclic) bond motifs is 1. The van der Waals surface area contributed by atoms with Crippen LogP contribution in [0.4, 0.5) is 4.79 Å². The molecule has 1 fully saturated rings. The van der Waals surface area contributed by atoms with Crippen molar-refractivity contribution in [3.63, 3.8) is 0 Å². The second kappa shape index (κ2) is 9.36. The molecule has 4 rings (SSSR count). The van der Waals surface area contributed by atoms with Crippen LogP contribution in [0.3, 0.4) is 0 Å². The zero-order valence-electron chi connectivity index (χ0n) is 20.0. The van der Waals surface area contributed by atoms with Gasteiger partial charge in [0.15, 0.2) is 0 Å². The van der Waals surface area contributed by atoms with Crippen LogP contribution in [0.2, 0.25) is 5.02 Å². The lowest BCUT2D eigenvalue weighted by Gasteiger charge is -2.23. The van der Waals surface area contributed by atoms with Crippen LogP contribution in [0.5, 0.6) is 0 Å². The lowest BCUT2D eigenvalue weighted by atomic mass is 9.96. The second-order valence-corrected chi connectivity index (χ2v) is 12.0. The number of rotatable bonds is 4. The summed E-state index contributed by atoms with van der Waals surface area (Å²) >= 11 is 6.36. The van der Waals surface area contributed by atoms with Gasteiger partial charge in [-0.1, -0.05) is 49.1 Å². The molecule has 0 amide bonds. The number of aromatic nitrogens is 1. The normalized spacial score (nSPS) is 15.6. The maximum absolute atomic E-state index is 13.2. The Kier molecular flexibility index (Phi) is 6.82. The summed E-state index contributed by atoms with van der Waals surface area (Å²) in [4.78, 5) is 13.2. The van der Waals surface area contributed by atoms with Crippen molar-refractivity contribution in [3.8, 4) is 11.3 Å². The first-order chi connectivity index (χ1) is 16.0. The SMILES string of the molecule is Cc1cccc2c1cc(-c1ccc(Cl)c(S(=O)(=O)NC3CCCCC3)c1)n2C(=O)OC(C)(C)C. The monoisotopic (exact) mass is 502 g/mol. The molecular formula is C26H31ClN2O4S. The van der Waals surface area contributed by atoms with Gasteiger partial charge in [0.2, 0.25) is 10.0 Å². The molecule has 34 heavy (non-hydrogen) atoms. The fourth-order valence-electron chi connectivity index (χ4n) is 4.47. The molecule has 1 N–H and O–H groups in total. The summed E-state index contributed by atoms with van der Waals surface area (Å²) in [7, 11) is -3.83. The number of hydrogen-bond donors (Lipinski definition) is 1. The maximum Gasteiger partial charge on any atom is 0.419 e. The van der Waals surface area contributed by atoms with E-state index in [1.807, 2.05) is 52.0 Å². The average Bonchev–Trinajstić information content (AvgIpc) is 3.14. The molecule has 0 atom stereocenters. The molecule has 0 saturated heterocycles. The Morgan fingerprint density at radius 1 is 1.09 bits per heavy atom. The van der Waals surface area contributed by atoms with E-state index in [0.29, 0.717) is 16.8 Å². The first kappa shape index (κ1) is 24.8. The van der Waals surface area contributed by atoms with E-state index >= 15 is 0 Å². The van der Waals surface area contributed by atoms with Crippen LogP contribution in [-0.4, -0.2) is 30.7 Å². The number of carbonyl (C=O) groups is 1. The van der Waals surface area contributed by atoms with E-state index in [-0.39, 0.29) is 16.0 Å². The molecule has 3 aromatic rings. The minimum absolute atomic E-state index is 0.00922. The Morgan fingerprint density at radius 3 is 2.47 bits per heavy atom. The first-order valence-corrected chi connectivity index (χ1v) is 13.5. The van der Waals surface area contributed by atoms with Crippen LogP contribution in [0.25, 0.3) is 22.2 Å². The van der Waals surface area contributed by atoms with E-state index in [9.17, 15) is 13.2 Å². The Hall–Kier alpha value is -2.35. The van der Waals surface area contributed by atoms with E-state index in [1.165, 1.54) is 10.6 Å². The third kappa shape index (κ3) is 5.16. The third-order valence-electron chi connectivity index (χ3n) is 6.08. The maximum atomic E-state index is 13.2. The fraction of sp³-hybridized carbons (Fsp3) is 0.423. The van der Waals surface area contributed by atoms with Crippen LogP contribution in [0.15, 0.2) is 47.4 Å². The molecule has 0 unspecified atom stereocenters. The number of hydrogen-bond acceptors (Lipinski definition) is 4. The zero-order chi connectivity index (χ0) is 24.7. The molecule has 1 heterocycles. The number of ether oxygens (including phenoxy) is 1. The summed E-state index contributed by atoms with van der Waals surface area (Å²) in [5, 5.41) is 1.03. The van der Waals surface area contributed by atoms with Gasteiger partial charge in [0, 0.05) is 17.0 Å². The van der Waals surface area contributed by atoms with Crippen LogP contribution in [-0.2, 0) is 14.8 Å². The Labute approximate surface area is 206 Å². The highest BCUT2D eigenvalue weighted by Crippen LogP contribution is 2.34. The highest BCUT2D eigenvalue weighted by molar-refractivity contribution is 7.89. The van der Waals surface area contributed by atoms with Crippen molar-refractivity contribution in [1.29, 1.82) is 0 Å². The Morgan fingerprint density at radius 2 is 1.79 bits per heavy atom. The van der Waals surface area contributed by atoms with Crippen LogP contribution < -0.4 is 4.72 Å². The van der Waals surface area contributed by atoms with E-state index < -0.39 is 21.7 Å². The van der Waals surface area contributed by atoms with Gasteiger partial charge in [-0.2, -0.15) is 0 Å². The first-order valence-electron chi connectivity index (χ1n) is 11.6. The minimum Gasteiger partial charge on any atom is -0.443 e. The molecule has 0 spiro atoms. The Balaban J connectivity index is 1.83. The summed E-state index contributed by atoms with van der Waals surface area (Å²) < 4.78 is 36.5. The molecule has 1 saturated carbocycles. The molecule has 1 aromatic heterocycles. The van der Waals surface area contributed by atoms with Gasteiger partial charge in [-0.3, -0.25) is 0 Å². The standard InChI is InChI=1S/C26H31ClN2O4S/c1-17-9-8-12-22-20(17)16-23(29(22)25(30)33-26(2,3)4)18-13-14-21(27)24(15-18)34(31,32)28-19-10-6-5-7-11-19/h8-9,12-16,19,28H,5-7,10-11H2,1-4H3. The highest BCUT2D eigenvalue weighted by Gasteiger charge is 2.27. The molecule has 182 valence electrons. The topological polar surface area (TPSA) is 77.4 Å². The lowest BCUT2D eigenvalue weighted by molar-refractivity contribution is 0.0547. The van der Waals surface area contributed by atoms with Gasteiger partial charge < -0.3 is 4.74 Å². The van der Waals surface area contributed by atoms with Crippen LogP contribution in [0, 0.1) is 6.92 Å². The minimum atomic E-state index is -3.83. The average molecular weight is 503 g/mol. The molecule has 0 aliphatic heterocycles. The van der Waals surface area contributed by atoms with E-state index in [1.54, 1.807) is 12.1 Å². The van der Waals surface area contributed by atoms with Gasteiger partial charge >= 0.3 is 6.09 Å². The molecule has 1 aliphatic rings. The fourth-order valence-corrected chi connectivity index (χ4v) is 6.30. The third-order valence-corrected chi connectivity index (χ3v) is 8.09. The molecule has 0 radical (unpaired) electrons. The Bertz CT molecular complexity index is 1330. The van der Waals surface area contributed by atoms with Crippen LogP contribution in [0.1, 0.15) is 58.4 Å². The molecular weight excluding hydrogens is 472 g/mol.